The number of H-pyrrole nitrogens is 2. The number of carbonyl (C=O) groups is 7. The molecule has 0 spiro atoms. The number of nitrogens with one attached hydrogen (secondary N) is 2. The van der Waals surface area contributed by atoms with Crippen molar-refractivity contribution in [2.24, 2.45) is 17.8 Å². The maximum absolute atomic E-state index is 11.1. The minimum atomic E-state index is -1.12. The Kier molecular flexibility index (Phi) is 45.0. The van der Waals surface area contributed by atoms with E-state index in [0.29, 0.717) is 30.9 Å². The summed E-state index contributed by atoms with van der Waals surface area (Å²) in [4.78, 5) is 84.5. The lowest BCUT2D eigenvalue weighted by molar-refractivity contribution is -0.153. The number of hydrogen-bond donors (Lipinski definition) is 9. The predicted molar refractivity (Wildman–Crippen MR) is 297 cm³/mol. The Bertz CT molecular complexity index is 2280. The monoisotopic (exact) mass is 1160 g/mol. The van der Waals surface area contributed by atoms with E-state index in [4.69, 9.17) is 25.5 Å². The number of aliphatic hydroxyl groups is 7. The Morgan fingerprint density at radius 3 is 1.40 bits per heavy atom. The molecule has 25 heteroatoms. The first-order valence-corrected chi connectivity index (χ1v) is 26.5. The third kappa shape index (κ3) is 35.2. The molecular weight excluding hydrogens is 1070 g/mol. The highest BCUT2D eigenvalue weighted by molar-refractivity contribution is 7.98. The SMILES string of the molecule is CCC(C)C(O)C(=O)OC.COC(=O)C(O)C(C)C.COC(=O)C(O)CC(C)C.COC(=O)C(O)CCSC.COC(=O)C(O)Cc1c[nH]c2ccccc12.COC(=O)C(O)Cc1ccccc1.COC(=O)C(O)Cc1cnc[nH]1. The van der Waals surface area contributed by atoms with Gasteiger partial charge in [-0.25, -0.2) is 38.5 Å². The van der Waals surface area contributed by atoms with Crippen molar-refractivity contribution < 1.29 is 102 Å². The largest absolute Gasteiger partial charge is 0.467 e. The number of methoxy groups -OCH3 is 7. The molecule has 2 heterocycles. The number of aromatic amines is 2. The van der Waals surface area contributed by atoms with Crippen LogP contribution in [0.3, 0.4) is 0 Å². The second-order valence-electron chi connectivity index (χ2n) is 17.7. The first-order valence-electron chi connectivity index (χ1n) is 25.1. The molecule has 454 valence electrons. The number of fused-ring (bicyclic) bond motifs is 1. The van der Waals surface area contributed by atoms with Crippen LogP contribution in [-0.4, -0.2) is 197 Å². The van der Waals surface area contributed by atoms with Crippen LogP contribution in [-0.2, 0) is 86.0 Å². The number of thioether (sulfide) groups is 1. The van der Waals surface area contributed by atoms with E-state index in [1.165, 1.54) is 56.1 Å². The van der Waals surface area contributed by atoms with Crippen molar-refractivity contribution in [1.29, 1.82) is 0 Å². The fourth-order valence-corrected chi connectivity index (χ4v) is 6.20. The highest BCUT2D eigenvalue weighted by atomic mass is 32.2. The quantitative estimate of drug-likeness (QED) is 0.0427. The van der Waals surface area contributed by atoms with Crippen molar-refractivity contribution in [3.05, 3.63) is 90.1 Å². The van der Waals surface area contributed by atoms with Gasteiger partial charge in [-0.2, -0.15) is 11.8 Å². The van der Waals surface area contributed by atoms with Crippen molar-refractivity contribution in [2.75, 3.05) is 61.8 Å². The molecule has 4 rings (SSSR count). The van der Waals surface area contributed by atoms with Crippen molar-refractivity contribution in [3.63, 3.8) is 0 Å². The van der Waals surface area contributed by atoms with Crippen molar-refractivity contribution in [2.45, 2.75) is 123 Å². The smallest absolute Gasteiger partial charge is 0.335 e. The predicted octanol–water partition coefficient (Wildman–Crippen LogP) is 3.08. The Balaban J connectivity index is -0.000000874. The Hall–Kier alpha value is -6.45. The summed E-state index contributed by atoms with van der Waals surface area (Å²) < 4.78 is 30.5. The molecule has 2 aromatic carbocycles. The second-order valence-corrected chi connectivity index (χ2v) is 18.7. The van der Waals surface area contributed by atoms with E-state index >= 15 is 0 Å². The minimum Gasteiger partial charge on any atom is -0.467 e. The van der Waals surface area contributed by atoms with Crippen molar-refractivity contribution >= 4 is 64.4 Å². The van der Waals surface area contributed by atoms with Crippen LogP contribution in [0, 0.1) is 17.8 Å². The summed E-state index contributed by atoms with van der Waals surface area (Å²) in [5.74, 6) is -3.05. The molecule has 0 saturated carbocycles. The maximum atomic E-state index is 11.1. The number of para-hydroxylation sites is 1. The Morgan fingerprint density at radius 2 is 0.975 bits per heavy atom. The summed E-state index contributed by atoms with van der Waals surface area (Å²) >= 11 is 1.59. The lowest BCUT2D eigenvalue weighted by Crippen LogP contribution is -2.28. The molecule has 0 bridgehead atoms. The Morgan fingerprint density at radius 1 is 0.537 bits per heavy atom. The third-order valence-corrected chi connectivity index (χ3v) is 11.3. The molecule has 0 saturated heterocycles. The van der Waals surface area contributed by atoms with Gasteiger partial charge in [0.05, 0.1) is 56.1 Å². The fraction of sp³-hybridized carbons (Fsp3) is 0.564. The van der Waals surface area contributed by atoms with Gasteiger partial charge in [0.25, 0.3) is 0 Å². The van der Waals surface area contributed by atoms with Gasteiger partial charge < -0.3 is 78.9 Å². The lowest BCUT2D eigenvalue weighted by atomic mass is 10.0. The number of ether oxygens (including phenoxy) is 7. The highest BCUT2D eigenvalue weighted by Gasteiger charge is 2.22. The maximum Gasteiger partial charge on any atom is 0.335 e. The number of carbonyl (C=O) groups excluding carboxylic acids is 7. The third-order valence-electron chi connectivity index (χ3n) is 10.7. The lowest BCUT2D eigenvalue weighted by Gasteiger charge is -2.13. The zero-order valence-corrected chi connectivity index (χ0v) is 49.2. The van der Waals surface area contributed by atoms with E-state index in [-0.39, 0.29) is 24.7 Å². The molecule has 80 heavy (non-hydrogen) atoms. The van der Waals surface area contributed by atoms with Gasteiger partial charge in [-0.1, -0.05) is 96.5 Å². The molecule has 0 fully saturated rings. The van der Waals surface area contributed by atoms with Crippen molar-refractivity contribution in [3.8, 4) is 0 Å². The number of esters is 7. The van der Waals surface area contributed by atoms with Gasteiger partial charge in [0.1, 0.15) is 0 Å². The van der Waals surface area contributed by atoms with E-state index in [1.807, 2.05) is 88.5 Å². The molecular formula is C55H87N3O21S. The second kappa shape index (κ2) is 46.3. The van der Waals surface area contributed by atoms with Crippen LogP contribution in [0.2, 0.25) is 0 Å². The summed E-state index contributed by atoms with van der Waals surface area (Å²) in [6.45, 7) is 11.1. The van der Waals surface area contributed by atoms with Crippen LogP contribution >= 0.6 is 11.8 Å². The zero-order valence-electron chi connectivity index (χ0n) is 48.4. The molecule has 0 amide bonds. The highest BCUT2D eigenvalue weighted by Crippen LogP contribution is 2.19. The van der Waals surface area contributed by atoms with E-state index in [2.05, 4.69) is 48.1 Å². The van der Waals surface area contributed by atoms with Gasteiger partial charge in [0.2, 0.25) is 0 Å². The molecule has 8 unspecified atom stereocenters. The van der Waals surface area contributed by atoms with Gasteiger partial charge >= 0.3 is 41.8 Å². The van der Waals surface area contributed by atoms with Gasteiger partial charge in [-0.05, 0) is 59.8 Å². The van der Waals surface area contributed by atoms with E-state index < -0.39 is 84.5 Å². The van der Waals surface area contributed by atoms with Crippen molar-refractivity contribution in [1.82, 2.24) is 15.0 Å². The summed E-state index contributed by atoms with van der Waals surface area (Å²) in [7, 11) is 8.83. The molecule has 24 nitrogen and oxygen atoms in total. The molecule has 0 aliphatic heterocycles. The fourth-order valence-electron chi connectivity index (χ4n) is 5.74. The van der Waals surface area contributed by atoms with Crippen LogP contribution in [0.1, 0.15) is 77.6 Å². The van der Waals surface area contributed by atoms with E-state index in [0.717, 1.165) is 34.2 Å². The number of benzene rings is 2. The standard InChI is InChI=1S/C12H13NO3.C10H12O3.C7H10N2O3.2C7H14O3.C6H12O3S.C6H12O3/c1-16-12(15)11(14)6-8-7-13-10-5-3-2-4-9(8)10;1-13-10(12)9(11)7-8-5-3-2-4-6-8;1-12-7(11)6(10)2-5-3-8-4-9-5;1-5(2)4-6(8)7(9)10-3;1-4-5(2)6(8)7(9)10-3;1-9-6(8)5(7)3-4-10-2;1-4(2)5(7)6(8)9-3/h2-5,7,11,13-14H,6H2,1H3;2-6,9,11H,7H2,1H3;3-4,6,10H,2H2,1H3,(H,8,9);2*5-6,8H,4H2,1-3H3;5,7H,3-4H2,1-2H3;4-5,7H,1-3H3. The molecule has 4 aromatic rings. The summed E-state index contributed by atoms with van der Waals surface area (Å²) in [5, 5.41) is 65.0. The Labute approximate surface area is 472 Å². The van der Waals surface area contributed by atoms with Gasteiger partial charge in [-0.15, -0.1) is 0 Å². The van der Waals surface area contributed by atoms with Crippen LogP contribution in [0.25, 0.3) is 10.9 Å². The molecule has 0 radical (unpaired) electrons. The topological polar surface area (TPSA) is 370 Å². The number of nitrogens with zero attached hydrogens (tertiary/aromatic N) is 1. The van der Waals surface area contributed by atoms with Crippen LogP contribution in [0.15, 0.2) is 73.3 Å². The van der Waals surface area contributed by atoms with E-state index in [1.54, 1.807) is 38.0 Å². The normalized spacial score (nSPS) is 13.1. The van der Waals surface area contributed by atoms with E-state index in [9.17, 15) is 43.8 Å². The van der Waals surface area contributed by atoms with Gasteiger partial charge in [0.15, 0.2) is 42.7 Å². The molecule has 0 aliphatic rings. The number of aromatic nitrogens is 3. The molecule has 2 aromatic heterocycles. The van der Waals surface area contributed by atoms with Gasteiger partial charge in [0, 0.05) is 48.3 Å². The minimum absolute atomic E-state index is 0.0209. The van der Waals surface area contributed by atoms with Crippen LogP contribution in [0.5, 0.6) is 0 Å². The first-order chi connectivity index (χ1) is 37.7. The van der Waals surface area contributed by atoms with Crippen LogP contribution in [0.4, 0.5) is 0 Å². The number of rotatable bonds is 21. The number of aliphatic hydroxyl groups excluding tert-OH is 7. The van der Waals surface area contributed by atoms with Crippen LogP contribution < -0.4 is 0 Å². The average Bonchev–Trinajstić information content (AvgIpc) is 4.15. The molecule has 0 aliphatic carbocycles. The summed E-state index contributed by atoms with van der Waals surface area (Å²) in [6, 6.07) is 17.1. The average molecular weight is 1160 g/mol. The molecule has 9 N–H and O–H groups in total. The summed E-state index contributed by atoms with van der Waals surface area (Å²) in [6.07, 6.45) is 2.10. The summed E-state index contributed by atoms with van der Waals surface area (Å²) in [5.41, 5.74) is 3.52. The zero-order chi connectivity index (χ0) is 61.9. The van der Waals surface area contributed by atoms with Gasteiger partial charge in [-0.3, -0.25) is 0 Å². The molecule has 8 atom stereocenters. The first kappa shape index (κ1) is 77.8. The number of hydrogen-bond acceptors (Lipinski definition) is 23. The number of imidazole rings is 1.